The first kappa shape index (κ1) is 23.9. The number of pyridine rings is 2. The van der Waals surface area contributed by atoms with Gasteiger partial charge in [-0.05, 0) is 49.2 Å². The molecule has 1 atom stereocenters. The molecule has 2 aromatic heterocycles. The number of halogens is 2. The van der Waals surface area contributed by atoms with E-state index in [0.29, 0.717) is 18.9 Å². The molecule has 0 spiro atoms. The molecule has 3 aromatic rings. The normalized spacial score (nSPS) is 15.9. The van der Waals surface area contributed by atoms with Crippen molar-refractivity contribution in [3.63, 3.8) is 0 Å². The number of benzene rings is 1. The maximum atomic E-state index is 14.1. The molecule has 1 aromatic carbocycles. The largest absolute Gasteiger partial charge is 0.357 e. The zero-order valence-electron chi connectivity index (χ0n) is 18.0. The number of nitrogens with zero attached hydrogens (tertiary/aromatic N) is 4. The molecule has 1 unspecified atom stereocenters. The van der Waals surface area contributed by atoms with Crippen molar-refractivity contribution in [2.24, 2.45) is 4.99 Å². The molecule has 4 rings (SSSR count). The van der Waals surface area contributed by atoms with Crippen molar-refractivity contribution in [1.29, 1.82) is 0 Å². The number of guanidine groups is 1. The van der Waals surface area contributed by atoms with Crippen LogP contribution in [0, 0.1) is 5.82 Å². The van der Waals surface area contributed by atoms with Gasteiger partial charge in [-0.1, -0.05) is 24.3 Å². The second-order valence-electron chi connectivity index (χ2n) is 7.50. The average molecular weight is 546 g/mol. The highest BCUT2D eigenvalue weighted by Crippen LogP contribution is 2.21. The van der Waals surface area contributed by atoms with Crippen molar-refractivity contribution in [2.45, 2.75) is 25.9 Å². The molecule has 3 heterocycles. The van der Waals surface area contributed by atoms with E-state index in [-0.39, 0.29) is 35.8 Å². The Kier molecular flexibility index (Phi) is 8.78. The molecule has 8 heteroatoms. The van der Waals surface area contributed by atoms with Crippen LogP contribution >= 0.6 is 24.0 Å². The van der Waals surface area contributed by atoms with Crippen molar-refractivity contribution in [1.82, 2.24) is 20.6 Å². The molecule has 1 aliphatic heterocycles. The van der Waals surface area contributed by atoms with Crippen LogP contribution in [0.3, 0.4) is 0 Å². The summed E-state index contributed by atoms with van der Waals surface area (Å²) in [4.78, 5) is 15.4. The minimum atomic E-state index is -0.281. The van der Waals surface area contributed by atoms with Gasteiger partial charge in [0, 0.05) is 43.6 Å². The monoisotopic (exact) mass is 546 g/mol. The van der Waals surface area contributed by atoms with Crippen LogP contribution in [0.5, 0.6) is 0 Å². The summed E-state index contributed by atoms with van der Waals surface area (Å²) in [6, 6.07) is 17.4. The minimum Gasteiger partial charge on any atom is -0.357 e. The topological polar surface area (TPSA) is 65.4 Å². The molecule has 6 nitrogen and oxygen atoms in total. The summed E-state index contributed by atoms with van der Waals surface area (Å²) in [5.74, 6) is 0.899. The SMILES string of the molecule is CCNC(=NCc1cccc(-c2ccccn2)c1)NC1CCN(c2ncccc2F)C1.I. The zero-order valence-corrected chi connectivity index (χ0v) is 20.4. The lowest BCUT2D eigenvalue weighted by molar-refractivity contribution is 0.612. The van der Waals surface area contributed by atoms with Crippen LogP contribution in [0.25, 0.3) is 11.3 Å². The first-order chi connectivity index (χ1) is 15.2. The van der Waals surface area contributed by atoms with E-state index in [1.807, 2.05) is 36.1 Å². The summed E-state index contributed by atoms with van der Waals surface area (Å²) in [7, 11) is 0. The zero-order chi connectivity index (χ0) is 21.5. The first-order valence-corrected chi connectivity index (χ1v) is 10.6. The van der Waals surface area contributed by atoms with Crippen LogP contribution < -0.4 is 15.5 Å². The summed E-state index contributed by atoms with van der Waals surface area (Å²) in [5.41, 5.74) is 3.14. The van der Waals surface area contributed by atoms with Crippen molar-refractivity contribution >= 4 is 35.8 Å². The number of rotatable bonds is 6. The van der Waals surface area contributed by atoms with Gasteiger partial charge in [0.15, 0.2) is 17.6 Å². The number of aromatic nitrogens is 2. The quantitative estimate of drug-likeness (QED) is 0.275. The highest BCUT2D eigenvalue weighted by molar-refractivity contribution is 14.0. The lowest BCUT2D eigenvalue weighted by Crippen LogP contribution is -2.44. The van der Waals surface area contributed by atoms with Gasteiger partial charge in [-0.3, -0.25) is 4.98 Å². The number of aliphatic imine (C=N–C) groups is 1. The van der Waals surface area contributed by atoms with Gasteiger partial charge in [0.05, 0.1) is 12.2 Å². The third-order valence-electron chi connectivity index (χ3n) is 5.22. The average Bonchev–Trinajstić information content (AvgIpc) is 3.27. The van der Waals surface area contributed by atoms with Crippen molar-refractivity contribution < 1.29 is 4.39 Å². The fraction of sp³-hybridized carbons (Fsp3) is 0.292. The van der Waals surface area contributed by atoms with Crippen molar-refractivity contribution in [3.05, 3.63) is 78.4 Å². The van der Waals surface area contributed by atoms with E-state index < -0.39 is 0 Å². The summed E-state index contributed by atoms with van der Waals surface area (Å²) in [6.07, 6.45) is 4.33. The summed E-state index contributed by atoms with van der Waals surface area (Å²) in [5, 5.41) is 6.80. The standard InChI is InChI=1S/C24H27FN6.HI/c1-2-26-24(30-20-11-14-31(17-20)23-21(25)9-6-13-28-23)29-16-18-7-5-8-19(15-18)22-10-3-4-12-27-22;/h3-10,12-13,15,20H,2,11,14,16-17H2,1H3,(H2,26,29,30);1H. The van der Waals surface area contributed by atoms with Gasteiger partial charge >= 0.3 is 0 Å². The van der Waals surface area contributed by atoms with E-state index in [4.69, 9.17) is 4.99 Å². The number of hydrogen-bond acceptors (Lipinski definition) is 4. The van der Waals surface area contributed by atoms with E-state index in [1.54, 1.807) is 18.5 Å². The molecule has 1 saturated heterocycles. The predicted molar refractivity (Wildman–Crippen MR) is 138 cm³/mol. The maximum Gasteiger partial charge on any atom is 0.191 e. The second kappa shape index (κ2) is 11.8. The summed E-state index contributed by atoms with van der Waals surface area (Å²) >= 11 is 0. The van der Waals surface area contributed by atoms with E-state index in [1.165, 1.54) is 6.07 Å². The Balaban J connectivity index is 0.00000289. The van der Waals surface area contributed by atoms with Crippen LogP contribution in [0.15, 0.2) is 72.0 Å². The molecule has 32 heavy (non-hydrogen) atoms. The minimum absolute atomic E-state index is 0. The Morgan fingerprint density at radius 2 is 2.00 bits per heavy atom. The predicted octanol–water partition coefficient (Wildman–Crippen LogP) is 4.23. The Hall–Kier alpha value is -2.75. The molecule has 1 fully saturated rings. The van der Waals surface area contributed by atoms with Gasteiger partial charge in [0.1, 0.15) is 0 Å². The van der Waals surface area contributed by atoms with Gasteiger partial charge in [0.2, 0.25) is 0 Å². The molecule has 0 saturated carbocycles. The van der Waals surface area contributed by atoms with Gasteiger partial charge in [-0.15, -0.1) is 24.0 Å². The van der Waals surface area contributed by atoms with Crippen molar-refractivity contribution in [2.75, 3.05) is 24.5 Å². The molecular formula is C24H28FIN6. The molecule has 1 aliphatic rings. The molecule has 0 amide bonds. The molecule has 168 valence electrons. The number of nitrogens with one attached hydrogen (secondary N) is 2. The highest BCUT2D eigenvalue weighted by atomic mass is 127. The molecule has 0 bridgehead atoms. The van der Waals surface area contributed by atoms with E-state index in [0.717, 1.165) is 42.3 Å². The third kappa shape index (κ3) is 6.15. The van der Waals surface area contributed by atoms with Gasteiger partial charge in [-0.25, -0.2) is 14.4 Å². The Bertz CT molecular complexity index is 1030. The molecule has 0 radical (unpaired) electrons. The summed E-state index contributed by atoms with van der Waals surface area (Å²) in [6.45, 7) is 4.82. The smallest absolute Gasteiger partial charge is 0.191 e. The Morgan fingerprint density at radius 3 is 2.78 bits per heavy atom. The van der Waals surface area contributed by atoms with Crippen LogP contribution in [-0.2, 0) is 6.54 Å². The van der Waals surface area contributed by atoms with Gasteiger partial charge in [0.25, 0.3) is 0 Å². The Labute approximate surface area is 205 Å². The van der Waals surface area contributed by atoms with Gasteiger partial charge < -0.3 is 15.5 Å². The lowest BCUT2D eigenvalue weighted by atomic mass is 10.1. The second-order valence-corrected chi connectivity index (χ2v) is 7.50. The van der Waals surface area contributed by atoms with Crippen molar-refractivity contribution in [3.8, 4) is 11.3 Å². The van der Waals surface area contributed by atoms with E-state index >= 15 is 0 Å². The highest BCUT2D eigenvalue weighted by Gasteiger charge is 2.25. The fourth-order valence-corrected chi connectivity index (χ4v) is 3.73. The number of anilines is 1. The third-order valence-corrected chi connectivity index (χ3v) is 5.22. The molecule has 2 N–H and O–H groups in total. The van der Waals surface area contributed by atoms with Gasteiger partial charge in [-0.2, -0.15) is 0 Å². The maximum absolute atomic E-state index is 14.1. The van der Waals surface area contributed by atoms with Crippen LogP contribution in [0.2, 0.25) is 0 Å². The Morgan fingerprint density at radius 1 is 1.12 bits per heavy atom. The number of hydrogen-bond donors (Lipinski definition) is 2. The van der Waals surface area contributed by atoms with Crippen LogP contribution in [0.1, 0.15) is 18.9 Å². The fourth-order valence-electron chi connectivity index (χ4n) is 3.73. The van der Waals surface area contributed by atoms with Crippen LogP contribution in [-0.4, -0.2) is 41.6 Å². The lowest BCUT2D eigenvalue weighted by Gasteiger charge is -2.20. The van der Waals surface area contributed by atoms with E-state index in [2.05, 4.69) is 38.8 Å². The van der Waals surface area contributed by atoms with E-state index in [9.17, 15) is 4.39 Å². The molecular weight excluding hydrogens is 518 g/mol. The molecule has 0 aliphatic carbocycles. The van der Waals surface area contributed by atoms with Crippen LogP contribution in [0.4, 0.5) is 10.2 Å². The summed E-state index contributed by atoms with van der Waals surface area (Å²) < 4.78 is 14.1. The first-order valence-electron chi connectivity index (χ1n) is 10.6.